The molecule has 0 atom stereocenters. The number of carbonyl (C=O) groups excluding carboxylic acids is 2. The molecule has 9 heteroatoms. The molecule has 4 rings (SSSR count). The topological polar surface area (TPSA) is 83.8 Å². The minimum absolute atomic E-state index is 0.0655. The van der Waals surface area contributed by atoms with Gasteiger partial charge in [-0.15, -0.1) is 0 Å². The summed E-state index contributed by atoms with van der Waals surface area (Å²) in [5.74, 6) is 0.535. The molecule has 1 heterocycles. The molecule has 1 fully saturated rings. The minimum atomic E-state index is -2.88. The molecule has 1 aliphatic rings. The summed E-state index contributed by atoms with van der Waals surface area (Å²) in [6, 6.07) is 17.4. The van der Waals surface area contributed by atoms with E-state index in [4.69, 9.17) is 4.42 Å². The fraction of sp³-hybridized carbons (Fsp3) is 0.308. The molecule has 184 valence electrons. The van der Waals surface area contributed by atoms with Crippen molar-refractivity contribution in [1.82, 2.24) is 15.5 Å². The van der Waals surface area contributed by atoms with E-state index >= 15 is 0 Å². The smallest absolute Gasteiger partial charge is 0.387 e. The van der Waals surface area contributed by atoms with Crippen LogP contribution in [0.1, 0.15) is 40.1 Å². The molecule has 0 spiro atoms. The number of alkyl halides is 2. The second-order valence-corrected chi connectivity index (χ2v) is 8.47. The van der Waals surface area contributed by atoms with E-state index in [-0.39, 0.29) is 30.7 Å². The lowest BCUT2D eigenvalue weighted by Gasteiger charge is -2.21. The minimum Gasteiger partial charge on any atom is -0.468 e. The Bertz CT molecular complexity index is 1100. The van der Waals surface area contributed by atoms with Crippen LogP contribution in [0.4, 0.5) is 8.78 Å². The molecule has 2 N–H and O–H groups in total. The normalized spacial score (nSPS) is 13.1. The first-order valence-corrected chi connectivity index (χ1v) is 11.4. The van der Waals surface area contributed by atoms with Crippen LogP contribution >= 0.6 is 0 Å². The van der Waals surface area contributed by atoms with E-state index < -0.39 is 6.61 Å². The van der Waals surface area contributed by atoms with Gasteiger partial charge in [-0.3, -0.25) is 14.5 Å². The number of hydrogen-bond acceptors (Lipinski definition) is 5. The van der Waals surface area contributed by atoms with Crippen molar-refractivity contribution in [2.75, 3.05) is 6.54 Å². The molecule has 0 unspecified atom stereocenters. The molecule has 0 aliphatic heterocycles. The van der Waals surface area contributed by atoms with Crippen LogP contribution in [-0.2, 0) is 24.4 Å². The molecule has 1 aliphatic carbocycles. The molecule has 0 radical (unpaired) electrons. The van der Waals surface area contributed by atoms with Crippen LogP contribution in [0.25, 0.3) is 0 Å². The van der Waals surface area contributed by atoms with Crippen molar-refractivity contribution >= 4 is 11.8 Å². The fourth-order valence-electron chi connectivity index (χ4n) is 3.56. The molecular weight excluding hydrogens is 456 g/mol. The van der Waals surface area contributed by atoms with Gasteiger partial charge in [0, 0.05) is 24.7 Å². The van der Waals surface area contributed by atoms with Crippen LogP contribution in [0.15, 0.2) is 71.3 Å². The van der Waals surface area contributed by atoms with Gasteiger partial charge in [-0.2, -0.15) is 8.78 Å². The number of ether oxygens (including phenoxy) is 1. The lowest BCUT2D eigenvalue weighted by atomic mass is 10.1. The Labute approximate surface area is 202 Å². The highest BCUT2D eigenvalue weighted by atomic mass is 19.3. The van der Waals surface area contributed by atoms with Crippen LogP contribution in [0, 0.1) is 0 Å². The molecule has 7 nitrogen and oxygen atoms in total. The monoisotopic (exact) mass is 483 g/mol. The zero-order valence-electron chi connectivity index (χ0n) is 19.1. The standard InChI is InChI=1S/C26H27F2N3O4/c27-26(28)35-22-11-5-18(6-12-22)14-29-24(32)17-31(16-23-2-1-13-34-23)15-19-3-7-20(8-4-19)25(33)30-21-9-10-21/h1-8,11-13,21,26H,9-10,14-17H2,(H,29,32)(H,30,33). The summed E-state index contributed by atoms with van der Waals surface area (Å²) in [5.41, 5.74) is 2.33. The van der Waals surface area contributed by atoms with Crippen molar-refractivity contribution in [1.29, 1.82) is 0 Å². The maximum Gasteiger partial charge on any atom is 0.387 e. The van der Waals surface area contributed by atoms with Gasteiger partial charge in [-0.05, 0) is 60.4 Å². The predicted molar refractivity (Wildman–Crippen MR) is 125 cm³/mol. The van der Waals surface area contributed by atoms with E-state index in [0.29, 0.717) is 24.7 Å². The second kappa shape index (κ2) is 11.6. The molecule has 1 saturated carbocycles. The highest BCUT2D eigenvalue weighted by molar-refractivity contribution is 5.94. The number of amides is 2. The van der Waals surface area contributed by atoms with Crippen molar-refractivity contribution in [2.24, 2.45) is 0 Å². The van der Waals surface area contributed by atoms with Crippen molar-refractivity contribution in [2.45, 2.75) is 45.1 Å². The third-order valence-corrected chi connectivity index (χ3v) is 5.50. The van der Waals surface area contributed by atoms with Gasteiger partial charge in [-0.1, -0.05) is 24.3 Å². The second-order valence-electron chi connectivity index (χ2n) is 8.47. The summed E-state index contributed by atoms with van der Waals surface area (Å²) in [6.07, 6.45) is 3.65. The van der Waals surface area contributed by atoms with Gasteiger partial charge in [0.1, 0.15) is 11.5 Å². The molecule has 0 bridgehead atoms. The summed E-state index contributed by atoms with van der Waals surface area (Å²) in [6.45, 7) is -1.58. The number of rotatable bonds is 12. The van der Waals surface area contributed by atoms with Crippen molar-refractivity contribution in [3.63, 3.8) is 0 Å². The lowest BCUT2D eigenvalue weighted by molar-refractivity contribution is -0.122. The molecule has 2 aromatic carbocycles. The van der Waals surface area contributed by atoms with E-state index in [0.717, 1.165) is 29.7 Å². The predicted octanol–water partition coefficient (Wildman–Crippen LogP) is 4.09. The third kappa shape index (κ3) is 7.92. The SMILES string of the molecule is O=C(CN(Cc1ccc(C(=O)NC2CC2)cc1)Cc1ccco1)NCc1ccc(OC(F)F)cc1. The van der Waals surface area contributed by atoms with E-state index in [1.54, 1.807) is 36.6 Å². The van der Waals surface area contributed by atoms with Gasteiger partial charge in [0.25, 0.3) is 5.91 Å². The average molecular weight is 484 g/mol. The number of nitrogens with zero attached hydrogens (tertiary/aromatic N) is 1. The van der Waals surface area contributed by atoms with Gasteiger partial charge < -0.3 is 19.8 Å². The first kappa shape index (κ1) is 24.4. The number of carbonyl (C=O) groups is 2. The summed E-state index contributed by atoms with van der Waals surface area (Å²) < 4.78 is 34.4. The number of furan rings is 1. The van der Waals surface area contributed by atoms with Crippen molar-refractivity contribution in [3.05, 3.63) is 89.4 Å². The highest BCUT2D eigenvalue weighted by Crippen LogP contribution is 2.20. The van der Waals surface area contributed by atoms with Gasteiger partial charge in [0.05, 0.1) is 19.4 Å². The Balaban J connectivity index is 1.32. The first-order valence-electron chi connectivity index (χ1n) is 11.4. The molecular formula is C26H27F2N3O4. The highest BCUT2D eigenvalue weighted by Gasteiger charge is 2.23. The van der Waals surface area contributed by atoms with E-state index in [1.807, 2.05) is 23.1 Å². The third-order valence-electron chi connectivity index (χ3n) is 5.50. The molecule has 35 heavy (non-hydrogen) atoms. The van der Waals surface area contributed by atoms with E-state index in [9.17, 15) is 18.4 Å². The van der Waals surface area contributed by atoms with Crippen LogP contribution in [-0.4, -0.2) is 35.9 Å². The van der Waals surface area contributed by atoms with Crippen LogP contribution in [0.5, 0.6) is 5.75 Å². The van der Waals surface area contributed by atoms with E-state index in [1.165, 1.54) is 12.1 Å². The maximum atomic E-state index is 12.6. The van der Waals surface area contributed by atoms with Gasteiger partial charge in [-0.25, -0.2) is 0 Å². The lowest BCUT2D eigenvalue weighted by Crippen LogP contribution is -2.36. The number of benzene rings is 2. The fourth-order valence-corrected chi connectivity index (χ4v) is 3.56. The number of hydrogen-bond donors (Lipinski definition) is 2. The van der Waals surface area contributed by atoms with Gasteiger partial charge in [0.15, 0.2) is 0 Å². The molecule has 0 saturated heterocycles. The Kier molecular flexibility index (Phi) is 8.10. The molecule has 1 aromatic heterocycles. The zero-order chi connectivity index (χ0) is 24.6. The van der Waals surface area contributed by atoms with Crippen molar-refractivity contribution in [3.8, 4) is 5.75 Å². The average Bonchev–Trinajstić information content (AvgIpc) is 3.50. The first-order chi connectivity index (χ1) is 16.9. The number of halogens is 2. The zero-order valence-corrected chi connectivity index (χ0v) is 19.1. The Hall–Kier alpha value is -3.72. The largest absolute Gasteiger partial charge is 0.468 e. The van der Waals surface area contributed by atoms with Crippen LogP contribution in [0.3, 0.4) is 0 Å². The van der Waals surface area contributed by atoms with Gasteiger partial charge >= 0.3 is 6.61 Å². The van der Waals surface area contributed by atoms with Crippen LogP contribution in [0.2, 0.25) is 0 Å². The molecule has 2 amide bonds. The van der Waals surface area contributed by atoms with Gasteiger partial charge in [0.2, 0.25) is 5.91 Å². The quantitative estimate of drug-likeness (QED) is 0.406. The Morgan fingerprint density at radius 2 is 1.71 bits per heavy atom. The van der Waals surface area contributed by atoms with E-state index in [2.05, 4.69) is 15.4 Å². The Morgan fingerprint density at radius 1 is 1.00 bits per heavy atom. The maximum absolute atomic E-state index is 12.6. The summed E-state index contributed by atoms with van der Waals surface area (Å²) in [7, 11) is 0. The summed E-state index contributed by atoms with van der Waals surface area (Å²) in [5, 5.41) is 5.82. The Morgan fingerprint density at radius 3 is 2.34 bits per heavy atom. The summed E-state index contributed by atoms with van der Waals surface area (Å²) >= 11 is 0. The summed E-state index contributed by atoms with van der Waals surface area (Å²) in [4.78, 5) is 26.8. The van der Waals surface area contributed by atoms with Crippen molar-refractivity contribution < 1.29 is 27.5 Å². The molecule has 3 aromatic rings. The number of nitrogens with one attached hydrogen (secondary N) is 2. The van der Waals surface area contributed by atoms with Crippen LogP contribution < -0.4 is 15.4 Å².